The Morgan fingerprint density at radius 2 is 2.04 bits per heavy atom. The second kappa shape index (κ2) is 6.38. The molecule has 0 bridgehead atoms. The summed E-state index contributed by atoms with van der Waals surface area (Å²) in [6.07, 6.45) is 2.00. The van der Waals surface area contributed by atoms with E-state index in [-0.39, 0.29) is 5.91 Å². The predicted molar refractivity (Wildman–Crippen MR) is 93.7 cm³/mol. The number of amides is 1. The molecule has 23 heavy (non-hydrogen) atoms. The van der Waals surface area contributed by atoms with Crippen LogP contribution < -0.4 is 10.1 Å². The summed E-state index contributed by atoms with van der Waals surface area (Å²) in [5, 5.41) is 3.77. The number of furan rings is 1. The molecule has 0 aliphatic heterocycles. The first-order chi connectivity index (χ1) is 11.1. The number of aryl methyl sites for hydroxylation is 1. The van der Waals surface area contributed by atoms with Gasteiger partial charge in [0, 0.05) is 21.5 Å². The van der Waals surface area contributed by atoms with Crippen LogP contribution in [-0.2, 0) is 0 Å². The zero-order valence-electron chi connectivity index (χ0n) is 13.2. The van der Waals surface area contributed by atoms with Gasteiger partial charge in [0.25, 0.3) is 5.91 Å². The number of fused-ring (bicyclic) bond motifs is 1. The number of nitrogens with one attached hydrogen (secondary N) is 1. The molecule has 1 heterocycles. The van der Waals surface area contributed by atoms with Gasteiger partial charge in [-0.25, -0.2) is 0 Å². The number of carbonyl (C=O) groups excluding carboxylic acids is 1. The molecule has 0 radical (unpaired) electrons. The van der Waals surface area contributed by atoms with Crippen LogP contribution in [0.3, 0.4) is 0 Å². The molecule has 3 rings (SSSR count). The Hall–Kier alpha value is -2.40. The predicted octanol–water partition coefficient (Wildman–Crippen LogP) is 4.72. The summed E-state index contributed by atoms with van der Waals surface area (Å²) in [4.78, 5) is 13.6. The van der Waals surface area contributed by atoms with Gasteiger partial charge in [0.05, 0.1) is 7.11 Å². The minimum absolute atomic E-state index is 0.254. The molecule has 1 amide bonds. The number of ether oxygens (including phenoxy) is 1. The molecule has 0 saturated carbocycles. The largest absolute Gasteiger partial charge is 0.497 e. The van der Waals surface area contributed by atoms with E-state index in [1.165, 1.54) is 0 Å². The number of hydrogen-bond acceptors (Lipinski definition) is 4. The van der Waals surface area contributed by atoms with Crippen molar-refractivity contribution in [2.75, 3.05) is 18.7 Å². The van der Waals surface area contributed by atoms with Gasteiger partial charge in [-0.15, -0.1) is 11.8 Å². The van der Waals surface area contributed by atoms with Crippen LogP contribution in [0.1, 0.15) is 16.1 Å². The van der Waals surface area contributed by atoms with Gasteiger partial charge >= 0.3 is 0 Å². The number of methoxy groups -OCH3 is 1. The zero-order chi connectivity index (χ0) is 16.4. The summed E-state index contributed by atoms with van der Waals surface area (Å²) in [6.45, 7) is 1.87. The molecule has 1 N–H and O–H groups in total. The number of benzene rings is 2. The molecule has 0 unspecified atom stereocenters. The van der Waals surface area contributed by atoms with Crippen LogP contribution in [0.25, 0.3) is 11.0 Å². The molecule has 3 aromatic rings. The second-order valence-electron chi connectivity index (χ2n) is 5.10. The van der Waals surface area contributed by atoms with Crippen LogP contribution in [0, 0.1) is 6.92 Å². The summed E-state index contributed by atoms with van der Waals surface area (Å²) in [6, 6.07) is 13.2. The number of rotatable bonds is 4. The normalized spacial score (nSPS) is 10.7. The molecule has 0 fully saturated rings. The van der Waals surface area contributed by atoms with Crippen LogP contribution in [0.4, 0.5) is 5.69 Å². The highest BCUT2D eigenvalue weighted by molar-refractivity contribution is 7.98. The van der Waals surface area contributed by atoms with Gasteiger partial charge < -0.3 is 14.5 Å². The first-order valence-corrected chi connectivity index (χ1v) is 8.37. The summed E-state index contributed by atoms with van der Waals surface area (Å²) < 4.78 is 10.9. The van der Waals surface area contributed by atoms with Gasteiger partial charge in [-0.05, 0) is 49.6 Å². The number of hydrogen-bond donors (Lipinski definition) is 1. The Balaban J connectivity index is 1.92. The van der Waals surface area contributed by atoms with E-state index in [0.29, 0.717) is 11.3 Å². The molecule has 0 aliphatic rings. The maximum Gasteiger partial charge on any atom is 0.291 e. The number of carbonyl (C=O) groups is 1. The minimum Gasteiger partial charge on any atom is -0.497 e. The molecular formula is C18H17NO3S. The Kier molecular flexibility index (Phi) is 4.30. The highest BCUT2D eigenvalue weighted by atomic mass is 32.2. The van der Waals surface area contributed by atoms with Gasteiger partial charge in [-0.1, -0.05) is 6.07 Å². The Morgan fingerprint density at radius 3 is 2.78 bits per heavy atom. The van der Waals surface area contributed by atoms with E-state index in [9.17, 15) is 4.79 Å². The van der Waals surface area contributed by atoms with Crippen molar-refractivity contribution >= 4 is 34.3 Å². The lowest BCUT2D eigenvalue weighted by Crippen LogP contribution is -2.12. The topological polar surface area (TPSA) is 51.5 Å². The lowest BCUT2D eigenvalue weighted by atomic mass is 10.1. The van der Waals surface area contributed by atoms with E-state index in [0.717, 1.165) is 27.3 Å². The molecule has 118 valence electrons. The maximum atomic E-state index is 12.5. The van der Waals surface area contributed by atoms with Crippen molar-refractivity contribution in [3.63, 3.8) is 0 Å². The third-order valence-electron chi connectivity index (χ3n) is 3.68. The molecule has 0 atom stereocenters. The van der Waals surface area contributed by atoms with Crippen molar-refractivity contribution < 1.29 is 13.9 Å². The van der Waals surface area contributed by atoms with Crippen LogP contribution in [-0.4, -0.2) is 19.3 Å². The van der Waals surface area contributed by atoms with Crippen molar-refractivity contribution in [3.8, 4) is 5.75 Å². The van der Waals surface area contributed by atoms with Gasteiger partial charge in [-0.2, -0.15) is 0 Å². The summed E-state index contributed by atoms with van der Waals surface area (Å²) in [5.74, 6) is 0.805. The summed E-state index contributed by atoms with van der Waals surface area (Å²) >= 11 is 1.63. The lowest BCUT2D eigenvalue weighted by Gasteiger charge is -2.05. The first-order valence-electron chi connectivity index (χ1n) is 7.15. The molecule has 0 spiro atoms. The van der Waals surface area contributed by atoms with E-state index in [4.69, 9.17) is 9.15 Å². The molecule has 0 saturated heterocycles. The van der Waals surface area contributed by atoms with Crippen LogP contribution in [0.5, 0.6) is 5.75 Å². The van der Waals surface area contributed by atoms with Crippen LogP contribution in [0.15, 0.2) is 51.8 Å². The first kappa shape index (κ1) is 15.5. The van der Waals surface area contributed by atoms with Crippen molar-refractivity contribution in [2.45, 2.75) is 11.8 Å². The Bertz CT molecular complexity index is 870. The molecular weight excluding hydrogens is 310 g/mol. The fourth-order valence-electron chi connectivity index (χ4n) is 2.43. The van der Waals surface area contributed by atoms with Gasteiger partial charge in [0.1, 0.15) is 11.3 Å². The molecule has 2 aromatic carbocycles. The quantitative estimate of drug-likeness (QED) is 0.704. The van der Waals surface area contributed by atoms with E-state index < -0.39 is 0 Å². The van der Waals surface area contributed by atoms with Crippen molar-refractivity contribution in [1.82, 2.24) is 0 Å². The number of thioether (sulfide) groups is 1. The average molecular weight is 327 g/mol. The fraction of sp³-hybridized carbons (Fsp3) is 0.167. The Morgan fingerprint density at radius 1 is 1.22 bits per heavy atom. The monoisotopic (exact) mass is 327 g/mol. The zero-order valence-corrected chi connectivity index (χ0v) is 14.0. The molecule has 1 aromatic heterocycles. The summed E-state index contributed by atoms with van der Waals surface area (Å²) in [7, 11) is 1.61. The van der Waals surface area contributed by atoms with Crippen molar-refractivity contribution in [3.05, 3.63) is 53.8 Å². The van der Waals surface area contributed by atoms with Crippen LogP contribution >= 0.6 is 11.8 Å². The van der Waals surface area contributed by atoms with Gasteiger partial charge in [-0.3, -0.25) is 4.79 Å². The van der Waals surface area contributed by atoms with E-state index in [2.05, 4.69) is 5.32 Å². The molecule has 0 aliphatic carbocycles. The van der Waals surface area contributed by atoms with E-state index in [1.807, 2.05) is 55.6 Å². The third kappa shape index (κ3) is 3.05. The van der Waals surface area contributed by atoms with E-state index in [1.54, 1.807) is 18.9 Å². The SMILES string of the molecule is COc1ccc2oc(C(=O)Nc3cccc(SC)c3)c(C)c2c1. The standard InChI is InChI=1S/C18H17NO3S/c1-11-15-10-13(21-2)7-8-16(15)22-17(11)18(20)19-12-5-4-6-14(9-12)23-3/h4-10H,1-3H3,(H,19,20). The fourth-order valence-corrected chi connectivity index (χ4v) is 2.89. The number of anilines is 1. The minimum atomic E-state index is -0.254. The maximum absolute atomic E-state index is 12.5. The molecule has 4 nitrogen and oxygen atoms in total. The van der Waals surface area contributed by atoms with Gasteiger partial charge in [0.2, 0.25) is 0 Å². The average Bonchev–Trinajstić information content (AvgIpc) is 2.91. The summed E-state index contributed by atoms with van der Waals surface area (Å²) in [5.41, 5.74) is 2.23. The molecule has 5 heteroatoms. The highest BCUT2D eigenvalue weighted by Crippen LogP contribution is 2.29. The van der Waals surface area contributed by atoms with Gasteiger partial charge in [0.15, 0.2) is 5.76 Å². The highest BCUT2D eigenvalue weighted by Gasteiger charge is 2.18. The van der Waals surface area contributed by atoms with E-state index >= 15 is 0 Å². The third-order valence-corrected chi connectivity index (χ3v) is 4.40. The lowest BCUT2D eigenvalue weighted by molar-refractivity contribution is 0.0998. The van der Waals surface area contributed by atoms with Crippen molar-refractivity contribution in [1.29, 1.82) is 0 Å². The van der Waals surface area contributed by atoms with Crippen LogP contribution in [0.2, 0.25) is 0 Å². The Labute approximate surface area is 138 Å². The second-order valence-corrected chi connectivity index (χ2v) is 5.98. The van der Waals surface area contributed by atoms with Crippen molar-refractivity contribution in [2.24, 2.45) is 0 Å². The smallest absolute Gasteiger partial charge is 0.291 e.